The minimum atomic E-state index is -0.422. The summed E-state index contributed by atoms with van der Waals surface area (Å²) in [5.74, 6) is -0.212. The highest BCUT2D eigenvalue weighted by Gasteiger charge is 2.17. The molecule has 4 nitrogen and oxygen atoms in total. The van der Waals surface area contributed by atoms with Crippen molar-refractivity contribution in [3.05, 3.63) is 112 Å². The number of hydrogen-bond acceptors (Lipinski definition) is 3. The standard InChI is InChI=1S/C28H19NO3/c30-27(29-24-14-13-18-12-11-17-6-4-9-22(24)26(17)18)21-8-3-7-19(15-21)23-16-20-5-1-2-10-25(20)32-28(23)31/h1-10,13-16H,11-12H2,(H,29,30). The Hall–Kier alpha value is -4.18. The molecule has 32 heavy (non-hydrogen) atoms. The third-order valence-corrected chi connectivity index (χ3v) is 6.20. The van der Waals surface area contributed by atoms with Gasteiger partial charge in [0, 0.05) is 22.0 Å². The lowest BCUT2D eigenvalue weighted by Gasteiger charge is -2.11. The number of aryl methyl sites for hydroxylation is 2. The molecule has 1 aliphatic rings. The first-order valence-electron chi connectivity index (χ1n) is 10.7. The molecular formula is C28H19NO3. The second kappa shape index (κ2) is 7.20. The molecule has 0 saturated carbocycles. The van der Waals surface area contributed by atoms with Crippen LogP contribution in [-0.4, -0.2) is 5.91 Å². The summed E-state index contributed by atoms with van der Waals surface area (Å²) >= 11 is 0. The number of anilines is 1. The molecule has 5 aromatic rings. The van der Waals surface area contributed by atoms with Crippen molar-refractivity contribution in [2.75, 3.05) is 5.32 Å². The lowest BCUT2D eigenvalue weighted by Crippen LogP contribution is -2.12. The zero-order valence-electron chi connectivity index (χ0n) is 17.2. The van der Waals surface area contributed by atoms with E-state index in [1.54, 1.807) is 30.3 Å². The van der Waals surface area contributed by atoms with Crippen LogP contribution in [0.25, 0.3) is 32.9 Å². The zero-order chi connectivity index (χ0) is 21.7. The van der Waals surface area contributed by atoms with Crippen molar-refractivity contribution >= 4 is 33.3 Å². The molecule has 0 aliphatic heterocycles. The van der Waals surface area contributed by atoms with E-state index < -0.39 is 5.63 Å². The Bertz CT molecular complexity index is 1590. The predicted octanol–water partition coefficient (Wildman–Crippen LogP) is 5.96. The highest BCUT2D eigenvalue weighted by molar-refractivity contribution is 6.10. The van der Waals surface area contributed by atoms with Gasteiger partial charge in [-0.2, -0.15) is 0 Å². The fourth-order valence-electron chi connectivity index (χ4n) is 4.64. The molecule has 1 N–H and O–H groups in total. The van der Waals surface area contributed by atoms with E-state index in [0.717, 1.165) is 29.3 Å². The largest absolute Gasteiger partial charge is 0.422 e. The summed E-state index contributed by atoms with van der Waals surface area (Å²) in [6, 6.07) is 26.6. The quantitative estimate of drug-likeness (QED) is 0.368. The average molecular weight is 417 g/mol. The average Bonchev–Trinajstić information content (AvgIpc) is 3.25. The molecule has 6 rings (SSSR count). The number of rotatable bonds is 3. The first-order chi connectivity index (χ1) is 15.7. The molecule has 1 aromatic heterocycles. The number of fused-ring (bicyclic) bond motifs is 1. The minimum Gasteiger partial charge on any atom is -0.422 e. The smallest absolute Gasteiger partial charge is 0.344 e. The van der Waals surface area contributed by atoms with Gasteiger partial charge in [0.25, 0.3) is 5.91 Å². The third-order valence-electron chi connectivity index (χ3n) is 6.20. The van der Waals surface area contributed by atoms with Crippen LogP contribution < -0.4 is 10.9 Å². The van der Waals surface area contributed by atoms with Crippen molar-refractivity contribution < 1.29 is 9.21 Å². The normalized spacial score (nSPS) is 12.4. The molecule has 0 bridgehead atoms. The molecule has 0 saturated heterocycles. The van der Waals surface area contributed by atoms with Crippen LogP contribution in [0.15, 0.2) is 94.1 Å². The summed E-state index contributed by atoms with van der Waals surface area (Å²) in [5.41, 5.74) is 5.15. The molecule has 4 heteroatoms. The molecule has 0 radical (unpaired) electrons. The van der Waals surface area contributed by atoms with Crippen molar-refractivity contribution in [2.45, 2.75) is 12.8 Å². The van der Waals surface area contributed by atoms with Gasteiger partial charge in [-0.25, -0.2) is 4.79 Å². The molecule has 1 aliphatic carbocycles. The van der Waals surface area contributed by atoms with Crippen LogP contribution in [0, 0.1) is 0 Å². The number of benzene rings is 4. The van der Waals surface area contributed by atoms with Gasteiger partial charge in [-0.1, -0.05) is 54.6 Å². The third kappa shape index (κ3) is 3.00. The Morgan fingerprint density at radius 3 is 2.53 bits per heavy atom. The Labute approximate surface area is 184 Å². The fourth-order valence-corrected chi connectivity index (χ4v) is 4.64. The Morgan fingerprint density at radius 2 is 1.62 bits per heavy atom. The summed E-state index contributed by atoms with van der Waals surface area (Å²) < 4.78 is 5.46. The summed E-state index contributed by atoms with van der Waals surface area (Å²) in [7, 11) is 0. The van der Waals surface area contributed by atoms with Gasteiger partial charge in [0.05, 0.1) is 5.56 Å². The van der Waals surface area contributed by atoms with Crippen LogP contribution in [0.3, 0.4) is 0 Å². The summed E-state index contributed by atoms with van der Waals surface area (Å²) in [6.07, 6.45) is 2.08. The van der Waals surface area contributed by atoms with E-state index in [1.165, 1.54) is 16.5 Å². The molecule has 0 atom stereocenters. The molecule has 0 unspecified atom stereocenters. The fraction of sp³-hybridized carbons (Fsp3) is 0.0714. The molecule has 4 aromatic carbocycles. The van der Waals surface area contributed by atoms with Crippen LogP contribution in [-0.2, 0) is 12.8 Å². The van der Waals surface area contributed by atoms with Crippen molar-refractivity contribution in [3.63, 3.8) is 0 Å². The van der Waals surface area contributed by atoms with Gasteiger partial charge in [0.2, 0.25) is 0 Å². The minimum absolute atomic E-state index is 0.212. The Morgan fingerprint density at radius 1 is 0.812 bits per heavy atom. The van der Waals surface area contributed by atoms with Crippen molar-refractivity contribution in [2.24, 2.45) is 0 Å². The van der Waals surface area contributed by atoms with Gasteiger partial charge < -0.3 is 9.73 Å². The number of nitrogens with one attached hydrogen (secondary N) is 1. The van der Waals surface area contributed by atoms with E-state index in [9.17, 15) is 9.59 Å². The maximum absolute atomic E-state index is 13.1. The van der Waals surface area contributed by atoms with E-state index >= 15 is 0 Å². The highest BCUT2D eigenvalue weighted by Crippen LogP contribution is 2.35. The van der Waals surface area contributed by atoms with Gasteiger partial charge in [-0.15, -0.1) is 0 Å². The molecular weight excluding hydrogens is 398 g/mol. The van der Waals surface area contributed by atoms with Gasteiger partial charge in [0.15, 0.2) is 0 Å². The molecule has 0 fully saturated rings. The van der Waals surface area contributed by atoms with E-state index in [2.05, 4.69) is 23.5 Å². The maximum atomic E-state index is 13.1. The Balaban J connectivity index is 1.37. The number of carbonyl (C=O) groups is 1. The van der Waals surface area contributed by atoms with Gasteiger partial charge in [-0.05, 0) is 65.3 Å². The van der Waals surface area contributed by atoms with E-state index in [1.807, 2.05) is 36.4 Å². The lowest BCUT2D eigenvalue weighted by atomic mass is 10.0. The first kappa shape index (κ1) is 18.6. The molecule has 1 heterocycles. The van der Waals surface area contributed by atoms with E-state index in [0.29, 0.717) is 22.3 Å². The van der Waals surface area contributed by atoms with Crippen molar-refractivity contribution in [3.8, 4) is 11.1 Å². The van der Waals surface area contributed by atoms with Gasteiger partial charge in [0.1, 0.15) is 5.58 Å². The molecule has 0 spiro atoms. The van der Waals surface area contributed by atoms with Gasteiger partial charge in [-0.3, -0.25) is 4.79 Å². The zero-order valence-corrected chi connectivity index (χ0v) is 17.2. The topological polar surface area (TPSA) is 59.3 Å². The van der Waals surface area contributed by atoms with E-state index in [4.69, 9.17) is 4.42 Å². The number of hydrogen-bond donors (Lipinski definition) is 1. The van der Waals surface area contributed by atoms with Crippen LogP contribution in [0.2, 0.25) is 0 Å². The lowest BCUT2D eigenvalue weighted by molar-refractivity contribution is 0.102. The molecule has 154 valence electrons. The monoisotopic (exact) mass is 417 g/mol. The van der Waals surface area contributed by atoms with Crippen molar-refractivity contribution in [1.29, 1.82) is 0 Å². The van der Waals surface area contributed by atoms with Crippen LogP contribution >= 0.6 is 0 Å². The summed E-state index contributed by atoms with van der Waals surface area (Å²) in [5, 5.41) is 6.23. The maximum Gasteiger partial charge on any atom is 0.344 e. The van der Waals surface area contributed by atoms with E-state index in [-0.39, 0.29) is 5.91 Å². The summed E-state index contributed by atoms with van der Waals surface area (Å²) in [4.78, 5) is 25.7. The number of amides is 1. The first-order valence-corrected chi connectivity index (χ1v) is 10.7. The summed E-state index contributed by atoms with van der Waals surface area (Å²) in [6.45, 7) is 0. The number of carbonyl (C=O) groups excluding carboxylic acids is 1. The Kier molecular flexibility index (Phi) is 4.18. The SMILES string of the molecule is O=C(Nc1ccc2c3c(cccc13)CC2)c1cccc(-c2cc3ccccc3oc2=O)c1. The van der Waals surface area contributed by atoms with Crippen LogP contribution in [0.5, 0.6) is 0 Å². The van der Waals surface area contributed by atoms with Crippen LogP contribution in [0.4, 0.5) is 5.69 Å². The highest BCUT2D eigenvalue weighted by atomic mass is 16.4. The predicted molar refractivity (Wildman–Crippen MR) is 127 cm³/mol. The van der Waals surface area contributed by atoms with Crippen molar-refractivity contribution in [1.82, 2.24) is 0 Å². The van der Waals surface area contributed by atoms with Crippen LogP contribution in [0.1, 0.15) is 21.5 Å². The van der Waals surface area contributed by atoms with Gasteiger partial charge >= 0.3 is 5.63 Å². The second-order valence-electron chi connectivity index (χ2n) is 8.13. The number of para-hydroxylation sites is 1. The molecule has 1 amide bonds. The second-order valence-corrected chi connectivity index (χ2v) is 8.13.